The van der Waals surface area contributed by atoms with Crippen LogP contribution in [0.3, 0.4) is 0 Å². The summed E-state index contributed by atoms with van der Waals surface area (Å²) in [4.78, 5) is 14.4. The Bertz CT molecular complexity index is 421. The Morgan fingerprint density at radius 1 is 1.47 bits per heavy atom. The summed E-state index contributed by atoms with van der Waals surface area (Å²) in [5.74, 6) is -0.0250. The van der Waals surface area contributed by atoms with E-state index < -0.39 is 0 Å². The van der Waals surface area contributed by atoms with Crippen LogP contribution >= 0.6 is 0 Å². The molecule has 2 rings (SSSR count). The predicted octanol–water partition coefficient (Wildman–Crippen LogP) is 1.57. The van der Waals surface area contributed by atoms with Gasteiger partial charge in [0.15, 0.2) is 0 Å². The minimum Gasteiger partial charge on any atom is -0.374 e. The van der Waals surface area contributed by atoms with Crippen LogP contribution in [-0.4, -0.2) is 36.6 Å². The lowest BCUT2D eigenvalue weighted by molar-refractivity contribution is -0.148. The highest BCUT2D eigenvalue weighted by molar-refractivity contribution is 5.79. The highest BCUT2D eigenvalue weighted by Gasteiger charge is 2.33. The van der Waals surface area contributed by atoms with Gasteiger partial charge in [0.1, 0.15) is 0 Å². The molecule has 104 valence electrons. The van der Waals surface area contributed by atoms with Crippen molar-refractivity contribution in [3.05, 3.63) is 35.9 Å². The summed E-state index contributed by atoms with van der Waals surface area (Å²) in [5.41, 5.74) is 6.74. The number of rotatable bonds is 3. The van der Waals surface area contributed by atoms with Gasteiger partial charge in [-0.2, -0.15) is 0 Å². The van der Waals surface area contributed by atoms with Gasteiger partial charge in [-0.15, -0.1) is 0 Å². The van der Waals surface area contributed by atoms with Crippen LogP contribution in [0.1, 0.15) is 25.5 Å². The van der Waals surface area contributed by atoms with Crippen molar-refractivity contribution in [3.63, 3.8) is 0 Å². The maximum atomic E-state index is 12.4. The standard InChI is InChI=1S/C15H22N2O2/c1-11(8-16)15(18)17-9-12(2)19-10-14(17)13-6-4-3-5-7-13/h3-7,11-12,14H,8-10,16H2,1-2H3. The average Bonchev–Trinajstić information content (AvgIpc) is 2.46. The van der Waals surface area contributed by atoms with Crippen molar-refractivity contribution in [3.8, 4) is 0 Å². The van der Waals surface area contributed by atoms with Crippen LogP contribution in [0.2, 0.25) is 0 Å². The van der Waals surface area contributed by atoms with Crippen LogP contribution in [0.15, 0.2) is 30.3 Å². The maximum Gasteiger partial charge on any atom is 0.227 e. The third-order valence-corrected chi connectivity index (χ3v) is 3.61. The number of ether oxygens (including phenoxy) is 1. The van der Waals surface area contributed by atoms with Crippen LogP contribution in [0.5, 0.6) is 0 Å². The number of nitrogens with zero attached hydrogens (tertiary/aromatic N) is 1. The Morgan fingerprint density at radius 2 is 2.16 bits per heavy atom. The molecule has 0 aromatic heterocycles. The highest BCUT2D eigenvalue weighted by Crippen LogP contribution is 2.27. The summed E-state index contributed by atoms with van der Waals surface area (Å²) >= 11 is 0. The normalized spacial score (nSPS) is 25.1. The van der Waals surface area contributed by atoms with Gasteiger partial charge in [0.2, 0.25) is 5.91 Å². The first-order chi connectivity index (χ1) is 9.13. The summed E-state index contributed by atoms with van der Waals surface area (Å²) in [6, 6.07) is 10.0. The number of carbonyl (C=O) groups excluding carboxylic acids is 1. The van der Waals surface area contributed by atoms with Gasteiger partial charge < -0.3 is 15.4 Å². The second kappa shape index (κ2) is 6.17. The molecular weight excluding hydrogens is 240 g/mol. The monoisotopic (exact) mass is 262 g/mol. The Hall–Kier alpha value is -1.39. The van der Waals surface area contributed by atoms with Gasteiger partial charge in [-0.05, 0) is 12.5 Å². The van der Waals surface area contributed by atoms with Crippen LogP contribution in [-0.2, 0) is 9.53 Å². The lowest BCUT2D eigenvalue weighted by Gasteiger charge is -2.40. The fourth-order valence-electron chi connectivity index (χ4n) is 2.38. The second-order valence-electron chi connectivity index (χ2n) is 5.20. The molecule has 0 spiro atoms. The first-order valence-corrected chi connectivity index (χ1v) is 6.80. The number of benzene rings is 1. The van der Waals surface area contributed by atoms with Gasteiger partial charge in [0.25, 0.3) is 0 Å². The smallest absolute Gasteiger partial charge is 0.227 e. The zero-order chi connectivity index (χ0) is 13.8. The Kier molecular flexibility index (Phi) is 4.56. The van der Waals surface area contributed by atoms with Gasteiger partial charge in [0.05, 0.1) is 18.8 Å². The summed E-state index contributed by atoms with van der Waals surface area (Å²) in [5, 5.41) is 0. The lowest BCUT2D eigenvalue weighted by atomic mass is 10.0. The van der Waals surface area contributed by atoms with Crippen LogP contribution < -0.4 is 5.73 Å². The van der Waals surface area contributed by atoms with Crippen molar-refractivity contribution in [1.29, 1.82) is 0 Å². The first kappa shape index (κ1) is 14.0. The number of nitrogens with two attached hydrogens (primary N) is 1. The largest absolute Gasteiger partial charge is 0.374 e. The van der Waals surface area contributed by atoms with Crippen molar-refractivity contribution in [2.24, 2.45) is 11.7 Å². The van der Waals surface area contributed by atoms with Crippen molar-refractivity contribution in [1.82, 2.24) is 4.90 Å². The molecule has 1 aliphatic rings. The molecule has 0 radical (unpaired) electrons. The zero-order valence-electron chi connectivity index (χ0n) is 11.6. The molecule has 1 aromatic carbocycles. The van der Waals surface area contributed by atoms with E-state index in [2.05, 4.69) is 0 Å². The molecule has 1 saturated heterocycles. The van der Waals surface area contributed by atoms with Crippen LogP contribution in [0.25, 0.3) is 0 Å². The maximum absolute atomic E-state index is 12.4. The summed E-state index contributed by atoms with van der Waals surface area (Å²) < 4.78 is 5.71. The first-order valence-electron chi connectivity index (χ1n) is 6.80. The van der Waals surface area contributed by atoms with Crippen molar-refractivity contribution >= 4 is 5.91 Å². The second-order valence-corrected chi connectivity index (χ2v) is 5.20. The van der Waals surface area contributed by atoms with Gasteiger partial charge in [-0.25, -0.2) is 0 Å². The molecule has 4 nitrogen and oxygen atoms in total. The summed E-state index contributed by atoms with van der Waals surface area (Å²) in [6.45, 7) is 5.43. The van der Waals surface area contributed by atoms with E-state index in [0.717, 1.165) is 5.56 Å². The molecule has 0 bridgehead atoms. The van der Waals surface area contributed by atoms with E-state index >= 15 is 0 Å². The Labute approximate surface area is 114 Å². The minimum atomic E-state index is -0.142. The number of morpholine rings is 1. The van der Waals surface area contributed by atoms with E-state index in [4.69, 9.17) is 10.5 Å². The average molecular weight is 262 g/mol. The number of amides is 1. The molecule has 1 fully saturated rings. The highest BCUT2D eigenvalue weighted by atomic mass is 16.5. The molecule has 4 heteroatoms. The van der Waals surface area contributed by atoms with Crippen molar-refractivity contribution < 1.29 is 9.53 Å². The van der Waals surface area contributed by atoms with E-state index in [-0.39, 0.29) is 24.0 Å². The predicted molar refractivity (Wildman–Crippen MR) is 74.5 cm³/mol. The van der Waals surface area contributed by atoms with Crippen molar-refractivity contribution in [2.45, 2.75) is 26.0 Å². The number of hydrogen-bond donors (Lipinski definition) is 1. The third kappa shape index (κ3) is 3.14. The van der Waals surface area contributed by atoms with E-state index in [9.17, 15) is 4.79 Å². The van der Waals surface area contributed by atoms with E-state index in [1.807, 2.05) is 49.1 Å². The lowest BCUT2D eigenvalue weighted by Crippen LogP contribution is -2.49. The molecule has 3 atom stereocenters. The van der Waals surface area contributed by atoms with E-state index in [1.54, 1.807) is 0 Å². The quantitative estimate of drug-likeness (QED) is 0.899. The number of hydrogen-bond acceptors (Lipinski definition) is 3. The summed E-state index contributed by atoms with van der Waals surface area (Å²) in [6.07, 6.45) is 0.0777. The molecule has 1 aromatic rings. The molecule has 1 amide bonds. The van der Waals surface area contributed by atoms with E-state index in [0.29, 0.717) is 19.7 Å². The fraction of sp³-hybridized carbons (Fsp3) is 0.533. The van der Waals surface area contributed by atoms with Gasteiger partial charge >= 0.3 is 0 Å². The van der Waals surface area contributed by atoms with Crippen LogP contribution in [0, 0.1) is 5.92 Å². The topological polar surface area (TPSA) is 55.6 Å². The van der Waals surface area contributed by atoms with Gasteiger partial charge in [-0.3, -0.25) is 4.79 Å². The Balaban J connectivity index is 2.22. The van der Waals surface area contributed by atoms with Crippen LogP contribution in [0.4, 0.5) is 0 Å². The van der Waals surface area contributed by atoms with E-state index in [1.165, 1.54) is 0 Å². The van der Waals surface area contributed by atoms with Gasteiger partial charge in [-0.1, -0.05) is 37.3 Å². The molecule has 0 saturated carbocycles. The number of carbonyl (C=O) groups is 1. The molecule has 2 N–H and O–H groups in total. The molecule has 1 aliphatic heterocycles. The molecule has 3 unspecified atom stereocenters. The third-order valence-electron chi connectivity index (χ3n) is 3.61. The molecule has 0 aliphatic carbocycles. The van der Waals surface area contributed by atoms with Gasteiger partial charge in [0, 0.05) is 19.0 Å². The Morgan fingerprint density at radius 3 is 2.79 bits per heavy atom. The molecule has 19 heavy (non-hydrogen) atoms. The fourth-order valence-corrected chi connectivity index (χ4v) is 2.38. The SMILES string of the molecule is CC1CN(C(=O)C(C)CN)C(c2ccccc2)CO1. The minimum absolute atomic E-state index is 0.00102. The summed E-state index contributed by atoms with van der Waals surface area (Å²) in [7, 11) is 0. The van der Waals surface area contributed by atoms with Crippen molar-refractivity contribution in [2.75, 3.05) is 19.7 Å². The molecular formula is C15H22N2O2. The zero-order valence-corrected chi connectivity index (χ0v) is 11.6. The molecule has 1 heterocycles.